The molecule has 4 aromatic carbocycles. The molecule has 30 heavy (non-hydrogen) atoms. The Morgan fingerprint density at radius 2 is 1.53 bits per heavy atom. The zero-order chi connectivity index (χ0) is 21.2. The molecule has 0 aliphatic carbocycles. The van der Waals surface area contributed by atoms with E-state index in [0.29, 0.717) is 0 Å². The zero-order valence-corrected chi connectivity index (χ0v) is 16.9. The van der Waals surface area contributed by atoms with Gasteiger partial charge in [-0.3, -0.25) is 4.98 Å². The van der Waals surface area contributed by atoms with Gasteiger partial charge >= 0.3 is 0 Å². The van der Waals surface area contributed by atoms with Crippen molar-refractivity contribution >= 4 is 43.5 Å². The Labute approximate surface area is 176 Å². The van der Waals surface area contributed by atoms with Crippen molar-refractivity contribution < 1.29 is 5.79 Å². The normalized spacial score (nSPS) is 12.8. The first kappa shape index (κ1) is 16.2. The molecular weight excluding hydrogens is 366 g/mol. The van der Waals surface area contributed by atoms with Gasteiger partial charge in [-0.1, -0.05) is 68.4 Å². The molecule has 0 fully saturated rings. The molecule has 144 valence electrons. The molecule has 6 rings (SSSR count). The van der Waals surface area contributed by atoms with E-state index >= 15 is 0 Å². The van der Waals surface area contributed by atoms with Crippen molar-refractivity contribution in [3.05, 3.63) is 90.6 Å². The molecule has 0 aliphatic rings. The molecule has 2 heteroatoms. The van der Waals surface area contributed by atoms with Crippen molar-refractivity contribution in [2.24, 2.45) is 0 Å². The number of pyridine rings is 1. The quantitative estimate of drug-likeness (QED) is 0.280. The van der Waals surface area contributed by atoms with E-state index in [0.717, 1.165) is 44.1 Å². The van der Waals surface area contributed by atoms with Gasteiger partial charge in [0.2, 0.25) is 0 Å². The molecule has 0 spiro atoms. The summed E-state index contributed by atoms with van der Waals surface area (Å²) >= 11 is 0. The number of furan rings is 1. The fourth-order valence-electron chi connectivity index (χ4n) is 4.43. The van der Waals surface area contributed by atoms with Crippen LogP contribution in [0.15, 0.2) is 89.5 Å². The lowest BCUT2D eigenvalue weighted by atomic mass is 9.98. The molecule has 0 unspecified atom stereocenters. The average molecular weight is 388 g/mol. The summed E-state index contributed by atoms with van der Waals surface area (Å²) < 4.78 is 15.0. The highest BCUT2D eigenvalue weighted by Crippen LogP contribution is 2.40. The maximum absolute atomic E-state index is 8.40. The Kier molecular flexibility index (Phi) is 3.47. The summed E-state index contributed by atoms with van der Waals surface area (Å²) in [6, 6.07) is 27.2. The summed E-state index contributed by atoms with van der Waals surface area (Å²) in [6.45, 7) is 3.79. The van der Waals surface area contributed by atoms with Gasteiger partial charge in [0, 0.05) is 29.3 Å². The van der Waals surface area contributed by atoms with E-state index in [9.17, 15) is 0 Å². The molecule has 2 heterocycles. The molecule has 0 saturated heterocycles. The molecule has 2 aromatic heterocycles. The largest absolute Gasteiger partial charge is 0.455 e. The van der Waals surface area contributed by atoms with E-state index in [2.05, 4.69) is 65.6 Å². The van der Waals surface area contributed by atoms with Crippen LogP contribution in [0.2, 0.25) is 0 Å². The smallest absolute Gasteiger partial charge is 0.144 e. The van der Waals surface area contributed by atoms with Gasteiger partial charge in [-0.25, -0.2) is 0 Å². The minimum absolute atomic E-state index is 0.686. The number of para-hydroxylation sites is 1. The molecule has 2 nitrogen and oxygen atoms in total. The molecule has 0 aliphatic heterocycles. The van der Waals surface area contributed by atoms with Gasteiger partial charge in [-0.2, -0.15) is 0 Å². The molecule has 0 atom stereocenters. The maximum Gasteiger partial charge on any atom is 0.144 e. The maximum atomic E-state index is 8.40. The number of rotatable bonds is 2. The van der Waals surface area contributed by atoms with Crippen molar-refractivity contribution in [2.75, 3.05) is 0 Å². The first-order valence-electron chi connectivity index (χ1n) is 10.7. The number of hydrogen-bond donors (Lipinski definition) is 0. The first-order valence-corrected chi connectivity index (χ1v) is 10.2. The Morgan fingerprint density at radius 3 is 2.43 bits per heavy atom. The van der Waals surface area contributed by atoms with Gasteiger partial charge in [0.15, 0.2) is 0 Å². The van der Waals surface area contributed by atoms with Crippen LogP contribution in [0.1, 0.15) is 26.7 Å². The standard InChI is InChI=1S/C28H21NO/c1-17(2)20-14-15-29-25(16-20)24-9-5-8-22-23-13-12-19-11-10-18-6-3-4-7-21(18)26(19)28(23)30-27(22)24/h3-17H,1-2H3/i17D. The Morgan fingerprint density at radius 1 is 0.767 bits per heavy atom. The SMILES string of the molecule is [2H]C(C)(C)c1ccnc(-c2cccc3c2oc2c3ccc3ccc4ccccc4c32)c1. The highest BCUT2D eigenvalue weighted by Gasteiger charge is 2.16. The van der Waals surface area contributed by atoms with Crippen LogP contribution in [0.4, 0.5) is 0 Å². The number of nitrogens with zero attached hydrogens (tertiary/aromatic N) is 1. The van der Waals surface area contributed by atoms with E-state index < -0.39 is 5.89 Å². The number of hydrogen-bond acceptors (Lipinski definition) is 2. The van der Waals surface area contributed by atoms with Crippen LogP contribution in [0, 0.1) is 0 Å². The number of aromatic nitrogens is 1. The van der Waals surface area contributed by atoms with Crippen LogP contribution >= 0.6 is 0 Å². The summed E-state index contributed by atoms with van der Waals surface area (Å²) in [6.07, 6.45) is 1.78. The Hall–Kier alpha value is -3.65. The lowest BCUT2D eigenvalue weighted by Crippen LogP contribution is -1.90. The van der Waals surface area contributed by atoms with Crippen molar-refractivity contribution in [2.45, 2.75) is 19.7 Å². The van der Waals surface area contributed by atoms with E-state index in [1.165, 1.54) is 16.2 Å². The highest BCUT2D eigenvalue weighted by atomic mass is 16.3. The lowest BCUT2D eigenvalue weighted by Gasteiger charge is -2.07. The van der Waals surface area contributed by atoms with Crippen LogP contribution in [0.3, 0.4) is 0 Å². The van der Waals surface area contributed by atoms with E-state index in [1.54, 1.807) is 6.20 Å². The summed E-state index contributed by atoms with van der Waals surface area (Å²) in [7, 11) is 0. The van der Waals surface area contributed by atoms with E-state index in [1.807, 2.05) is 32.0 Å². The van der Waals surface area contributed by atoms with Gasteiger partial charge in [0.05, 0.1) is 5.69 Å². The molecular formula is C28H21NO. The predicted octanol–water partition coefficient (Wildman–Crippen LogP) is 8.08. The highest BCUT2D eigenvalue weighted by molar-refractivity contribution is 6.23. The molecule has 0 bridgehead atoms. The van der Waals surface area contributed by atoms with Crippen LogP contribution in [0.5, 0.6) is 0 Å². The summed E-state index contributed by atoms with van der Waals surface area (Å²) in [5.74, 6) is -0.686. The van der Waals surface area contributed by atoms with Gasteiger partial charge in [0.25, 0.3) is 0 Å². The molecule has 0 saturated carbocycles. The summed E-state index contributed by atoms with van der Waals surface area (Å²) in [4.78, 5) is 4.61. The third-order valence-corrected chi connectivity index (χ3v) is 5.99. The van der Waals surface area contributed by atoms with Crippen molar-refractivity contribution in [3.8, 4) is 11.3 Å². The van der Waals surface area contributed by atoms with Crippen LogP contribution in [-0.4, -0.2) is 4.98 Å². The van der Waals surface area contributed by atoms with Crippen LogP contribution < -0.4 is 0 Å². The zero-order valence-electron chi connectivity index (χ0n) is 17.9. The van der Waals surface area contributed by atoms with Crippen molar-refractivity contribution in [1.82, 2.24) is 4.98 Å². The van der Waals surface area contributed by atoms with Gasteiger partial charge in [-0.05, 0) is 51.9 Å². The fourth-order valence-corrected chi connectivity index (χ4v) is 4.43. The summed E-state index contributed by atoms with van der Waals surface area (Å²) in [5.41, 5.74) is 4.46. The molecule has 0 N–H and O–H groups in total. The molecule has 0 radical (unpaired) electrons. The summed E-state index contributed by atoms with van der Waals surface area (Å²) in [5, 5.41) is 6.91. The first-order chi connectivity index (χ1) is 15.0. The molecule has 0 amide bonds. The number of benzene rings is 4. The van der Waals surface area contributed by atoms with Crippen LogP contribution in [0.25, 0.3) is 54.7 Å². The van der Waals surface area contributed by atoms with Crippen molar-refractivity contribution in [1.29, 1.82) is 0 Å². The van der Waals surface area contributed by atoms with Crippen molar-refractivity contribution in [3.63, 3.8) is 0 Å². The second-order valence-electron chi connectivity index (χ2n) is 8.04. The minimum atomic E-state index is -0.686. The lowest BCUT2D eigenvalue weighted by molar-refractivity contribution is 0.674. The minimum Gasteiger partial charge on any atom is -0.455 e. The topological polar surface area (TPSA) is 26.0 Å². The Balaban J connectivity index is 1.71. The Bertz CT molecular complexity index is 1620. The third-order valence-electron chi connectivity index (χ3n) is 5.99. The average Bonchev–Trinajstić information content (AvgIpc) is 3.17. The third kappa shape index (κ3) is 2.47. The number of fused-ring (bicyclic) bond motifs is 7. The van der Waals surface area contributed by atoms with Gasteiger partial charge in [-0.15, -0.1) is 0 Å². The monoisotopic (exact) mass is 388 g/mol. The second kappa shape index (κ2) is 6.43. The van der Waals surface area contributed by atoms with Crippen LogP contribution in [-0.2, 0) is 0 Å². The predicted molar refractivity (Wildman–Crippen MR) is 126 cm³/mol. The van der Waals surface area contributed by atoms with E-state index in [4.69, 9.17) is 5.79 Å². The molecule has 6 aromatic rings. The van der Waals surface area contributed by atoms with Gasteiger partial charge < -0.3 is 4.42 Å². The second-order valence-corrected chi connectivity index (χ2v) is 8.04. The van der Waals surface area contributed by atoms with E-state index in [-0.39, 0.29) is 0 Å². The fraction of sp³-hybridized carbons (Fsp3) is 0.107. The van der Waals surface area contributed by atoms with Gasteiger partial charge in [0.1, 0.15) is 11.2 Å².